The van der Waals surface area contributed by atoms with E-state index in [1.807, 2.05) is 33.8 Å². The summed E-state index contributed by atoms with van der Waals surface area (Å²) in [6.07, 6.45) is 0.895. The molecule has 2 heteroatoms. The van der Waals surface area contributed by atoms with E-state index in [-0.39, 0.29) is 18.0 Å². The number of rotatable bonds is 5. The molecule has 100 valence electrons. The van der Waals surface area contributed by atoms with Crippen LogP contribution in [-0.2, 0) is 4.74 Å². The zero-order valence-corrected chi connectivity index (χ0v) is 12.4. The maximum Gasteiger partial charge on any atom is 0.188 e. The van der Waals surface area contributed by atoms with Gasteiger partial charge in [0.05, 0.1) is 5.60 Å². The van der Waals surface area contributed by atoms with Crippen LogP contribution in [0.3, 0.4) is 0 Å². The molecule has 0 fully saturated rings. The number of benzene rings is 1. The normalized spacial score (nSPS) is 11.7. The molecule has 0 aromatic heterocycles. The van der Waals surface area contributed by atoms with Crippen LogP contribution in [-0.4, -0.2) is 18.0 Å². The first-order chi connectivity index (χ1) is 8.26. The standard InChI is InChI=1S/C16H24O2/c1-7-16(5,6)18-10-15(17)14-9-12(3)11(2)8-13(14)4/h8-9H,7,10H2,1-6H3. The Labute approximate surface area is 110 Å². The largest absolute Gasteiger partial charge is 0.367 e. The van der Waals surface area contributed by atoms with E-state index in [0.717, 1.165) is 23.1 Å². The lowest BCUT2D eigenvalue weighted by molar-refractivity contribution is -0.0122. The van der Waals surface area contributed by atoms with Gasteiger partial charge in [-0.2, -0.15) is 0 Å². The highest BCUT2D eigenvalue weighted by molar-refractivity contribution is 5.98. The van der Waals surface area contributed by atoms with Gasteiger partial charge in [-0.3, -0.25) is 4.79 Å². The van der Waals surface area contributed by atoms with Crippen molar-refractivity contribution < 1.29 is 9.53 Å². The molecule has 0 bridgehead atoms. The van der Waals surface area contributed by atoms with Gasteiger partial charge in [0.25, 0.3) is 0 Å². The van der Waals surface area contributed by atoms with Gasteiger partial charge in [-0.15, -0.1) is 0 Å². The molecule has 0 unspecified atom stereocenters. The van der Waals surface area contributed by atoms with Crippen LogP contribution in [0.4, 0.5) is 0 Å². The number of ether oxygens (including phenoxy) is 1. The van der Waals surface area contributed by atoms with Gasteiger partial charge in [-0.05, 0) is 63.8 Å². The van der Waals surface area contributed by atoms with Crippen LogP contribution < -0.4 is 0 Å². The Morgan fingerprint density at radius 1 is 1.11 bits per heavy atom. The van der Waals surface area contributed by atoms with Gasteiger partial charge in [-0.25, -0.2) is 0 Å². The zero-order chi connectivity index (χ0) is 13.9. The van der Waals surface area contributed by atoms with Gasteiger partial charge in [0.15, 0.2) is 5.78 Å². The highest BCUT2D eigenvalue weighted by Gasteiger charge is 2.18. The summed E-state index contributed by atoms with van der Waals surface area (Å²) in [4.78, 5) is 12.2. The molecule has 0 saturated heterocycles. The minimum Gasteiger partial charge on any atom is -0.367 e. The van der Waals surface area contributed by atoms with Crippen molar-refractivity contribution in [1.29, 1.82) is 0 Å². The van der Waals surface area contributed by atoms with Crippen molar-refractivity contribution in [3.8, 4) is 0 Å². The molecule has 2 nitrogen and oxygen atoms in total. The molecule has 1 aromatic carbocycles. The van der Waals surface area contributed by atoms with Crippen molar-refractivity contribution in [1.82, 2.24) is 0 Å². The van der Waals surface area contributed by atoms with Gasteiger partial charge >= 0.3 is 0 Å². The summed E-state index contributed by atoms with van der Waals surface area (Å²) in [5, 5.41) is 0. The van der Waals surface area contributed by atoms with Crippen molar-refractivity contribution in [2.24, 2.45) is 0 Å². The van der Waals surface area contributed by atoms with Crippen LogP contribution in [0.15, 0.2) is 12.1 Å². The number of aryl methyl sites for hydroxylation is 3. The Balaban J connectivity index is 2.82. The summed E-state index contributed by atoms with van der Waals surface area (Å²) >= 11 is 0. The average Bonchev–Trinajstić information content (AvgIpc) is 2.31. The second kappa shape index (κ2) is 5.66. The number of hydrogen-bond acceptors (Lipinski definition) is 2. The number of ketones is 1. The third-order valence-corrected chi connectivity index (χ3v) is 3.59. The molecule has 0 N–H and O–H groups in total. The summed E-state index contributed by atoms with van der Waals surface area (Å²) in [5.74, 6) is 0.0668. The Morgan fingerprint density at radius 3 is 2.22 bits per heavy atom. The number of Topliss-reactive ketones (excluding diaryl/α,β-unsaturated/α-hetero) is 1. The van der Waals surface area contributed by atoms with Crippen molar-refractivity contribution in [3.63, 3.8) is 0 Å². The highest BCUT2D eigenvalue weighted by Crippen LogP contribution is 2.18. The van der Waals surface area contributed by atoms with E-state index >= 15 is 0 Å². The van der Waals surface area contributed by atoms with Gasteiger partial charge in [0, 0.05) is 5.56 Å². The van der Waals surface area contributed by atoms with Crippen LogP contribution >= 0.6 is 0 Å². The fraction of sp³-hybridized carbons (Fsp3) is 0.562. The lowest BCUT2D eigenvalue weighted by Gasteiger charge is -2.23. The molecule has 18 heavy (non-hydrogen) atoms. The van der Waals surface area contributed by atoms with Crippen LogP contribution in [0.1, 0.15) is 54.2 Å². The van der Waals surface area contributed by atoms with Crippen molar-refractivity contribution in [2.75, 3.05) is 6.61 Å². The minimum atomic E-state index is -0.233. The van der Waals surface area contributed by atoms with E-state index in [9.17, 15) is 4.79 Å². The molecule has 0 radical (unpaired) electrons. The second-order valence-corrected chi connectivity index (χ2v) is 5.58. The van der Waals surface area contributed by atoms with Crippen LogP contribution in [0.25, 0.3) is 0 Å². The third kappa shape index (κ3) is 3.67. The van der Waals surface area contributed by atoms with E-state index in [1.165, 1.54) is 5.56 Å². The van der Waals surface area contributed by atoms with Crippen LogP contribution in [0, 0.1) is 20.8 Å². The van der Waals surface area contributed by atoms with Gasteiger partial charge in [0.1, 0.15) is 6.61 Å². The fourth-order valence-corrected chi connectivity index (χ4v) is 1.70. The second-order valence-electron chi connectivity index (χ2n) is 5.58. The molecular formula is C16H24O2. The molecule has 1 aromatic rings. The maximum absolute atomic E-state index is 12.2. The zero-order valence-electron chi connectivity index (χ0n) is 12.4. The minimum absolute atomic E-state index is 0.0668. The highest BCUT2D eigenvalue weighted by atomic mass is 16.5. The molecule has 0 amide bonds. The number of carbonyl (C=O) groups is 1. The van der Waals surface area contributed by atoms with Crippen molar-refractivity contribution in [2.45, 2.75) is 53.6 Å². The van der Waals surface area contributed by atoms with Crippen LogP contribution in [0.2, 0.25) is 0 Å². The molecule has 1 rings (SSSR count). The van der Waals surface area contributed by atoms with E-state index in [0.29, 0.717) is 0 Å². The first kappa shape index (κ1) is 14.9. The molecule has 0 atom stereocenters. The molecular weight excluding hydrogens is 224 g/mol. The molecule has 0 aliphatic heterocycles. The maximum atomic E-state index is 12.2. The van der Waals surface area contributed by atoms with E-state index in [1.54, 1.807) is 0 Å². The predicted molar refractivity (Wildman–Crippen MR) is 75.3 cm³/mol. The summed E-state index contributed by atoms with van der Waals surface area (Å²) in [6.45, 7) is 12.3. The topological polar surface area (TPSA) is 26.3 Å². The smallest absolute Gasteiger partial charge is 0.188 e. The van der Waals surface area contributed by atoms with Crippen molar-refractivity contribution in [3.05, 3.63) is 34.4 Å². The Bertz CT molecular complexity index is 445. The summed E-state index contributed by atoms with van der Waals surface area (Å²) in [7, 11) is 0. The Hall–Kier alpha value is -1.15. The average molecular weight is 248 g/mol. The molecule has 0 aliphatic rings. The van der Waals surface area contributed by atoms with E-state index < -0.39 is 0 Å². The first-order valence-electron chi connectivity index (χ1n) is 6.52. The van der Waals surface area contributed by atoms with E-state index in [2.05, 4.69) is 19.9 Å². The van der Waals surface area contributed by atoms with Crippen molar-refractivity contribution >= 4 is 5.78 Å². The van der Waals surface area contributed by atoms with Gasteiger partial charge < -0.3 is 4.74 Å². The quantitative estimate of drug-likeness (QED) is 0.736. The molecule has 0 saturated carbocycles. The van der Waals surface area contributed by atoms with E-state index in [4.69, 9.17) is 4.74 Å². The number of carbonyl (C=O) groups excluding carboxylic acids is 1. The third-order valence-electron chi connectivity index (χ3n) is 3.59. The van der Waals surface area contributed by atoms with Crippen LogP contribution in [0.5, 0.6) is 0 Å². The predicted octanol–water partition coefficient (Wildman–Crippen LogP) is 4.00. The summed E-state index contributed by atoms with van der Waals surface area (Å²) < 4.78 is 5.67. The summed E-state index contributed by atoms with van der Waals surface area (Å²) in [6, 6.07) is 4.03. The monoisotopic (exact) mass is 248 g/mol. The molecule has 0 aliphatic carbocycles. The number of hydrogen-bond donors (Lipinski definition) is 0. The SMILES string of the molecule is CCC(C)(C)OCC(=O)c1cc(C)c(C)cc1C. The summed E-state index contributed by atoms with van der Waals surface area (Å²) in [5.41, 5.74) is 3.95. The lowest BCUT2D eigenvalue weighted by atomic mass is 9.98. The Morgan fingerprint density at radius 2 is 1.67 bits per heavy atom. The Kier molecular flexibility index (Phi) is 4.69. The molecule has 0 heterocycles. The molecule has 0 spiro atoms. The van der Waals surface area contributed by atoms with Gasteiger partial charge in [0.2, 0.25) is 0 Å². The fourth-order valence-electron chi connectivity index (χ4n) is 1.70. The van der Waals surface area contributed by atoms with Gasteiger partial charge in [-0.1, -0.05) is 13.0 Å². The first-order valence-corrected chi connectivity index (χ1v) is 6.52. The lowest BCUT2D eigenvalue weighted by Crippen LogP contribution is -2.27.